The molecule has 1 unspecified atom stereocenters. The number of ketones is 1. The molecule has 31 heavy (non-hydrogen) atoms. The molecule has 1 aliphatic rings. The van der Waals surface area contributed by atoms with Crippen LogP contribution in [0.15, 0.2) is 54.6 Å². The van der Waals surface area contributed by atoms with Crippen LogP contribution >= 0.6 is 0 Å². The molecule has 2 aromatic carbocycles. The minimum absolute atomic E-state index is 0.0359. The van der Waals surface area contributed by atoms with Gasteiger partial charge in [0.1, 0.15) is 6.54 Å². The van der Waals surface area contributed by atoms with Crippen LogP contribution in [0.2, 0.25) is 0 Å². The topological polar surface area (TPSA) is 65.2 Å². The van der Waals surface area contributed by atoms with Gasteiger partial charge in [-0.1, -0.05) is 48.5 Å². The third-order valence-electron chi connectivity index (χ3n) is 5.52. The molecular weight excluding hydrogens is 407 g/mol. The Balaban J connectivity index is 1.59. The van der Waals surface area contributed by atoms with Gasteiger partial charge in [-0.05, 0) is 31.0 Å². The molecule has 162 valence electrons. The normalized spacial score (nSPS) is 17.2. The number of amides is 1. The number of likely N-dealkylation sites (tertiary alicyclic amines) is 1. The van der Waals surface area contributed by atoms with E-state index in [1.54, 1.807) is 4.90 Å². The average molecular weight is 429 g/mol. The van der Waals surface area contributed by atoms with Gasteiger partial charge in [-0.15, -0.1) is 0 Å². The fourth-order valence-electron chi connectivity index (χ4n) is 4.13. The summed E-state index contributed by atoms with van der Waals surface area (Å²) < 4.78 is 37.4. The number of carbonyl (C=O) groups excluding carboxylic acids is 2. The van der Waals surface area contributed by atoms with E-state index in [0.29, 0.717) is 30.6 Å². The van der Waals surface area contributed by atoms with Crippen molar-refractivity contribution >= 4 is 22.6 Å². The van der Waals surface area contributed by atoms with E-state index in [2.05, 4.69) is 4.98 Å². The molecule has 1 amide bonds. The van der Waals surface area contributed by atoms with Crippen LogP contribution in [-0.4, -0.2) is 53.4 Å². The first-order valence-corrected chi connectivity index (χ1v) is 10.1. The number of hydrogen-bond acceptors (Lipinski definition) is 3. The van der Waals surface area contributed by atoms with Gasteiger partial charge in [0.2, 0.25) is 5.91 Å². The molecule has 0 aliphatic carbocycles. The molecule has 2 heterocycles. The van der Waals surface area contributed by atoms with Crippen LogP contribution in [0.3, 0.4) is 0 Å². The van der Waals surface area contributed by atoms with Gasteiger partial charge in [0.05, 0.1) is 23.8 Å². The number of benzene rings is 2. The van der Waals surface area contributed by atoms with Gasteiger partial charge in [0, 0.05) is 10.9 Å². The molecule has 1 saturated heterocycles. The number of nitrogens with one attached hydrogen (secondary N) is 2. The third-order valence-corrected chi connectivity index (χ3v) is 5.52. The van der Waals surface area contributed by atoms with E-state index in [-0.39, 0.29) is 12.3 Å². The van der Waals surface area contributed by atoms with Crippen molar-refractivity contribution < 1.29 is 22.8 Å². The Morgan fingerprint density at radius 3 is 2.52 bits per heavy atom. The number of para-hydroxylation sites is 1. The second-order valence-corrected chi connectivity index (χ2v) is 7.67. The lowest BCUT2D eigenvalue weighted by Crippen LogP contribution is -2.47. The van der Waals surface area contributed by atoms with E-state index in [4.69, 9.17) is 0 Å². The first-order chi connectivity index (χ1) is 14.8. The Morgan fingerprint density at radius 1 is 1.06 bits per heavy atom. The van der Waals surface area contributed by atoms with Crippen molar-refractivity contribution in [3.8, 4) is 11.3 Å². The van der Waals surface area contributed by atoms with Gasteiger partial charge >= 0.3 is 6.18 Å². The van der Waals surface area contributed by atoms with E-state index >= 15 is 0 Å². The highest BCUT2D eigenvalue weighted by Crippen LogP contribution is 2.31. The SMILES string of the molecule is O=C(CN1CCCC1C(=O)NCC(F)(F)F)c1c(-c2ccccc2)[nH]c2ccccc12. The summed E-state index contributed by atoms with van der Waals surface area (Å²) in [6.45, 7) is -0.921. The number of rotatable bonds is 6. The zero-order valence-electron chi connectivity index (χ0n) is 16.7. The van der Waals surface area contributed by atoms with Crippen molar-refractivity contribution in [1.29, 1.82) is 0 Å². The standard InChI is InChI=1S/C23H22F3N3O2/c24-23(25,26)14-27-22(31)18-11-6-12-29(18)13-19(30)20-16-9-4-5-10-17(16)28-21(20)15-7-2-1-3-8-15/h1-5,7-10,18,28H,6,11-14H2,(H,27,31). The van der Waals surface area contributed by atoms with E-state index in [1.807, 2.05) is 59.9 Å². The van der Waals surface area contributed by atoms with Gasteiger partial charge in [-0.2, -0.15) is 13.2 Å². The zero-order chi connectivity index (χ0) is 22.0. The zero-order valence-corrected chi connectivity index (χ0v) is 16.7. The van der Waals surface area contributed by atoms with Gasteiger partial charge < -0.3 is 10.3 Å². The molecule has 1 fully saturated rings. The summed E-state index contributed by atoms with van der Waals surface area (Å²) in [5.74, 6) is -0.864. The molecular formula is C23H22F3N3O2. The van der Waals surface area contributed by atoms with Crippen LogP contribution in [-0.2, 0) is 4.79 Å². The molecule has 0 bridgehead atoms. The number of aromatic amines is 1. The van der Waals surface area contributed by atoms with Crippen molar-refractivity contribution in [2.45, 2.75) is 25.1 Å². The summed E-state index contributed by atoms with van der Waals surface area (Å²) in [7, 11) is 0. The highest BCUT2D eigenvalue weighted by Gasteiger charge is 2.35. The van der Waals surface area contributed by atoms with Crippen LogP contribution in [0, 0.1) is 0 Å². The van der Waals surface area contributed by atoms with Crippen molar-refractivity contribution in [1.82, 2.24) is 15.2 Å². The van der Waals surface area contributed by atoms with Crippen molar-refractivity contribution in [3.63, 3.8) is 0 Å². The first-order valence-electron chi connectivity index (χ1n) is 10.1. The summed E-state index contributed by atoms with van der Waals surface area (Å²) in [4.78, 5) is 30.7. The minimum atomic E-state index is -4.47. The number of halogens is 3. The molecule has 3 aromatic rings. The maximum absolute atomic E-state index is 13.4. The number of H-pyrrole nitrogens is 1. The Bertz CT molecular complexity index is 1090. The maximum Gasteiger partial charge on any atom is 0.405 e. The van der Waals surface area contributed by atoms with E-state index in [9.17, 15) is 22.8 Å². The van der Waals surface area contributed by atoms with Gasteiger partial charge in [0.15, 0.2) is 5.78 Å². The molecule has 1 aromatic heterocycles. The second-order valence-electron chi connectivity index (χ2n) is 7.67. The van der Waals surface area contributed by atoms with Gasteiger partial charge in [-0.25, -0.2) is 0 Å². The number of carbonyl (C=O) groups is 2. The minimum Gasteiger partial charge on any atom is -0.354 e. The lowest BCUT2D eigenvalue weighted by Gasteiger charge is -2.23. The van der Waals surface area contributed by atoms with Crippen LogP contribution in [0.5, 0.6) is 0 Å². The number of alkyl halides is 3. The highest BCUT2D eigenvalue weighted by molar-refractivity contribution is 6.14. The number of hydrogen-bond donors (Lipinski definition) is 2. The lowest BCUT2D eigenvalue weighted by atomic mass is 10.0. The van der Waals surface area contributed by atoms with Gasteiger partial charge in [0.25, 0.3) is 0 Å². The molecule has 0 radical (unpaired) electrons. The fraction of sp³-hybridized carbons (Fsp3) is 0.304. The quantitative estimate of drug-likeness (QED) is 0.579. The summed E-state index contributed by atoms with van der Waals surface area (Å²) in [5.41, 5.74) is 2.92. The predicted octanol–water partition coefficient (Wildman–Crippen LogP) is 4.16. The smallest absolute Gasteiger partial charge is 0.354 e. The highest BCUT2D eigenvalue weighted by atomic mass is 19.4. The van der Waals surface area contributed by atoms with Crippen LogP contribution in [0.4, 0.5) is 13.2 Å². The summed E-state index contributed by atoms with van der Waals surface area (Å²) >= 11 is 0. The Kier molecular flexibility index (Phi) is 5.82. The maximum atomic E-state index is 13.4. The lowest BCUT2D eigenvalue weighted by molar-refractivity contribution is -0.140. The summed E-state index contributed by atoms with van der Waals surface area (Å²) in [6, 6.07) is 16.2. The average Bonchev–Trinajstić information content (AvgIpc) is 3.36. The molecule has 4 rings (SSSR count). The van der Waals surface area contributed by atoms with Crippen LogP contribution in [0.1, 0.15) is 23.2 Å². The molecule has 2 N–H and O–H groups in total. The number of nitrogens with zero attached hydrogens (tertiary/aromatic N) is 1. The molecule has 5 nitrogen and oxygen atoms in total. The largest absolute Gasteiger partial charge is 0.405 e. The van der Waals surface area contributed by atoms with Gasteiger partial charge in [-0.3, -0.25) is 14.5 Å². The Hall–Kier alpha value is -3.13. The third kappa shape index (κ3) is 4.64. The monoisotopic (exact) mass is 429 g/mol. The number of aromatic nitrogens is 1. The second kappa shape index (κ2) is 8.55. The van der Waals surface area contributed by atoms with Crippen molar-refractivity contribution in [3.05, 3.63) is 60.2 Å². The summed E-state index contributed by atoms with van der Waals surface area (Å²) in [5, 5.41) is 2.73. The van der Waals surface area contributed by atoms with Crippen LogP contribution < -0.4 is 5.32 Å². The number of Topliss-reactive ketones (excluding diaryl/α,β-unsaturated/α-hetero) is 1. The van der Waals surface area contributed by atoms with E-state index in [0.717, 1.165) is 16.5 Å². The van der Waals surface area contributed by atoms with Crippen LogP contribution in [0.25, 0.3) is 22.2 Å². The number of fused-ring (bicyclic) bond motifs is 1. The Morgan fingerprint density at radius 2 is 1.77 bits per heavy atom. The molecule has 1 aliphatic heterocycles. The Labute approximate surface area is 177 Å². The summed E-state index contributed by atoms with van der Waals surface area (Å²) in [6.07, 6.45) is -3.39. The first kappa shape index (κ1) is 21.1. The molecule has 0 saturated carbocycles. The molecule has 8 heteroatoms. The molecule has 0 spiro atoms. The predicted molar refractivity (Wildman–Crippen MR) is 112 cm³/mol. The fourth-order valence-corrected chi connectivity index (χ4v) is 4.13. The van der Waals surface area contributed by atoms with Crippen molar-refractivity contribution in [2.75, 3.05) is 19.6 Å². The van der Waals surface area contributed by atoms with E-state index in [1.165, 1.54) is 0 Å². The van der Waals surface area contributed by atoms with Crippen molar-refractivity contribution in [2.24, 2.45) is 0 Å². The molecule has 1 atom stereocenters. The van der Waals surface area contributed by atoms with E-state index < -0.39 is 24.7 Å².